The summed E-state index contributed by atoms with van der Waals surface area (Å²) >= 11 is 0. The van der Waals surface area contributed by atoms with Crippen molar-refractivity contribution in [1.82, 2.24) is 25.6 Å². The molecule has 2 N–H and O–H groups in total. The molecule has 1 aliphatic heterocycles. The van der Waals surface area contributed by atoms with E-state index in [1.54, 1.807) is 24.3 Å². The van der Waals surface area contributed by atoms with Crippen LogP contribution < -0.4 is 20.4 Å². The number of carbonyl (C=O) groups is 2. The molecule has 154 valence electrons. The number of carbonyl (C=O) groups excluding carboxylic acids is 2. The molecule has 0 bridgehead atoms. The second-order valence-electron chi connectivity index (χ2n) is 7.12. The molecule has 1 aliphatic rings. The number of rotatable bonds is 7. The van der Waals surface area contributed by atoms with Crippen LogP contribution in [0.2, 0.25) is 0 Å². The van der Waals surface area contributed by atoms with Gasteiger partial charge in [-0.05, 0) is 31.4 Å². The minimum atomic E-state index is -0.305. The largest absolute Gasteiger partial charge is 0.347 e. The van der Waals surface area contributed by atoms with Gasteiger partial charge in [0.05, 0.1) is 13.1 Å². The third kappa shape index (κ3) is 5.87. The van der Waals surface area contributed by atoms with E-state index in [9.17, 15) is 9.59 Å². The fourth-order valence-corrected chi connectivity index (χ4v) is 3.00. The lowest BCUT2D eigenvalue weighted by Gasteiger charge is -2.27. The maximum atomic E-state index is 12.1. The first-order valence-electron chi connectivity index (χ1n) is 9.80. The van der Waals surface area contributed by atoms with E-state index in [2.05, 4.69) is 30.5 Å². The maximum absolute atomic E-state index is 12.1. The quantitative estimate of drug-likeness (QED) is 0.718. The predicted octanol–water partition coefficient (Wildman–Crippen LogP) is 0.974. The predicted molar refractivity (Wildman–Crippen MR) is 111 cm³/mol. The van der Waals surface area contributed by atoms with Crippen molar-refractivity contribution in [3.63, 3.8) is 0 Å². The molecule has 2 heterocycles. The summed E-state index contributed by atoms with van der Waals surface area (Å²) in [5.41, 5.74) is 0.513. The highest BCUT2D eigenvalue weighted by Gasteiger charge is 2.17. The molecule has 0 aliphatic carbocycles. The van der Waals surface area contributed by atoms with Crippen LogP contribution in [0.3, 0.4) is 0 Å². The number of nitrogens with zero attached hydrogens (tertiary/aromatic N) is 5. The number of piperidine rings is 1. The van der Waals surface area contributed by atoms with Crippen LogP contribution in [0, 0.1) is 0 Å². The van der Waals surface area contributed by atoms with Crippen molar-refractivity contribution in [2.75, 3.05) is 43.5 Å². The molecule has 0 spiro atoms. The molecule has 2 aromatic rings. The Hall–Kier alpha value is -3.23. The van der Waals surface area contributed by atoms with Crippen molar-refractivity contribution in [1.29, 1.82) is 0 Å². The van der Waals surface area contributed by atoms with Gasteiger partial charge in [0.25, 0.3) is 5.91 Å². The molecule has 29 heavy (non-hydrogen) atoms. The van der Waals surface area contributed by atoms with Crippen LogP contribution in [0.1, 0.15) is 35.4 Å². The van der Waals surface area contributed by atoms with E-state index in [1.807, 2.05) is 25.1 Å². The van der Waals surface area contributed by atoms with E-state index in [0.717, 1.165) is 25.9 Å². The van der Waals surface area contributed by atoms with Gasteiger partial charge in [-0.3, -0.25) is 9.59 Å². The molecular formula is C20H27N7O2. The Bertz CT molecular complexity index is 836. The summed E-state index contributed by atoms with van der Waals surface area (Å²) in [6.45, 7) is 1.91. The van der Waals surface area contributed by atoms with Gasteiger partial charge in [-0.15, -0.1) is 0 Å². The summed E-state index contributed by atoms with van der Waals surface area (Å²) < 4.78 is 0. The van der Waals surface area contributed by atoms with Gasteiger partial charge in [0.2, 0.25) is 17.8 Å². The molecule has 1 aromatic carbocycles. The lowest BCUT2D eigenvalue weighted by Crippen LogP contribution is -2.37. The Kier molecular flexibility index (Phi) is 6.94. The van der Waals surface area contributed by atoms with Crippen molar-refractivity contribution in [3.8, 4) is 0 Å². The number of nitrogens with one attached hydrogen (secondary N) is 2. The minimum Gasteiger partial charge on any atom is -0.347 e. The van der Waals surface area contributed by atoms with Crippen LogP contribution in [-0.4, -0.2) is 60.5 Å². The number of hydrogen-bond donors (Lipinski definition) is 2. The Morgan fingerprint density at radius 3 is 2.41 bits per heavy atom. The highest BCUT2D eigenvalue weighted by atomic mass is 16.2. The highest BCUT2D eigenvalue weighted by molar-refractivity contribution is 5.96. The lowest BCUT2D eigenvalue weighted by molar-refractivity contribution is -0.120. The molecule has 9 nitrogen and oxygen atoms in total. The molecule has 0 saturated carbocycles. The standard InChI is InChI=1S/C20H27N7O2/c1-26(2)19-23-16(24-20(25-19)27-11-7-4-8-12-27)13-21-17(28)14-22-18(29)15-9-5-3-6-10-15/h3,5-6,9-10H,4,7-8,11-14H2,1-2H3,(H,21,28)(H,22,29). The van der Waals surface area contributed by atoms with Crippen LogP contribution in [0.15, 0.2) is 30.3 Å². The van der Waals surface area contributed by atoms with Crippen molar-refractivity contribution < 1.29 is 9.59 Å². The Morgan fingerprint density at radius 2 is 1.72 bits per heavy atom. The molecule has 0 atom stereocenters. The number of anilines is 2. The molecule has 1 aromatic heterocycles. The Morgan fingerprint density at radius 1 is 1.00 bits per heavy atom. The van der Waals surface area contributed by atoms with Gasteiger partial charge < -0.3 is 20.4 Å². The summed E-state index contributed by atoms with van der Waals surface area (Å²) in [7, 11) is 3.74. The number of amides is 2. The van der Waals surface area contributed by atoms with Gasteiger partial charge in [-0.1, -0.05) is 18.2 Å². The molecule has 9 heteroatoms. The molecule has 1 fully saturated rings. The molecule has 2 amide bonds. The van der Waals surface area contributed by atoms with Gasteiger partial charge in [-0.25, -0.2) is 0 Å². The number of benzene rings is 1. The van der Waals surface area contributed by atoms with Crippen LogP contribution >= 0.6 is 0 Å². The summed E-state index contributed by atoms with van der Waals surface area (Å²) in [5.74, 6) is 1.10. The lowest BCUT2D eigenvalue weighted by atomic mass is 10.1. The number of aromatic nitrogens is 3. The average Bonchev–Trinajstić information content (AvgIpc) is 2.77. The summed E-state index contributed by atoms with van der Waals surface area (Å²) in [5, 5.41) is 5.37. The van der Waals surface area contributed by atoms with E-state index in [0.29, 0.717) is 23.3 Å². The van der Waals surface area contributed by atoms with E-state index in [-0.39, 0.29) is 24.9 Å². The second-order valence-corrected chi connectivity index (χ2v) is 7.12. The van der Waals surface area contributed by atoms with E-state index in [1.165, 1.54) is 6.42 Å². The first-order valence-corrected chi connectivity index (χ1v) is 9.80. The smallest absolute Gasteiger partial charge is 0.251 e. The Labute approximate surface area is 170 Å². The van der Waals surface area contributed by atoms with Crippen molar-refractivity contribution >= 4 is 23.7 Å². The van der Waals surface area contributed by atoms with Gasteiger partial charge in [0.15, 0.2) is 5.82 Å². The fraction of sp³-hybridized carbons (Fsp3) is 0.450. The fourth-order valence-electron chi connectivity index (χ4n) is 3.00. The van der Waals surface area contributed by atoms with Crippen molar-refractivity contribution in [2.45, 2.75) is 25.8 Å². The van der Waals surface area contributed by atoms with Crippen molar-refractivity contribution in [2.24, 2.45) is 0 Å². The van der Waals surface area contributed by atoms with Gasteiger partial charge >= 0.3 is 0 Å². The zero-order valence-electron chi connectivity index (χ0n) is 16.9. The highest BCUT2D eigenvalue weighted by Crippen LogP contribution is 2.17. The zero-order chi connectivity index (χ0) is 20.6. The molecular weight excluding hydrogens is 370 g/mol. The first-order chi connectivity index (χ1) is 14.0. The van der Waals surface area contributed by atoms with Crippen molar-refractivity contribution in [3.05, 3.63) is 41.7 Å². The maximum Gasteiger partial charge on any atom is 0.251 e. The summed E-state index contributed by atoms with van der Waals surface area (Å²) in [6, 6.07) is 8.78. The Balaban J connectivity index is 1.58. The van der Waals surface area contributed by atoms with Gasteiger partial charge in [0.1, 0.15) is 0 Å². The van der Waals surface area contributed by atoms with Gasteiger partial charge in [-0.2, -0.15) is 15.0 Å². The zero-order valence-corrected chi connectivity index (χ0v) is 16.9. The van der Waals surface area contributed by atoms with E-state index >= 15 is 0 Å². The van der Waals surface area contributed by atoms with E-state index < -0.39 is 0 Å². The summed E-state index contributed by atoms with van der Waals surface area (Å²) in [6.07, 6.45) is 3.46. The molecule has 0 unspecified atom stereocenters. The van der Waals surface area contributed by atoms with E-state index in [4.69, 9.17) is 0 Å². The van der Waals surface area contributed by atoms with Crippen LogP contribution in [0.5, 0.6) is 0 Å². The minimum absolute atomic E-state index is 0.113. The van der Waals surface area contributed by atoms with Gasteiger partial charge in [0, 0.05) is 32.7 Å². The molecule has 0 radical (unpaired) electrons. The summed E-state index contributed by atoms with van der Waals surface area (Å²) in [4.78, 5) is 41.6. The first kappa shape index (κ1) is 20.5. The van der Waals surface area contributed by atoms with Crippen LogP contribution in [0.25, 0.3) is 0 Å². The second kappa shape index (κ2) is 9.81. The third-order valence-electron chi connectivity index (χ3n) is 4.59. The molecule has 1 saturated heterocycles. The SMILES string of the molecule is CN(C)c1nc(CNC(=O)CNC(=O)c2ccccc2)nc(N2CCCCC2)n1. The monoisotopic (exact) mass is 397 g/mol. The number of hydrogen-bond acceptors (Lipinski definition) is 7. The average molecular weight is 397 g/mol. The van der Waals surface area contributed by atoms with Crippen LogP contribution in [-0.2, 0) is 11.3 Å². The topological polar surface area (TPSA) is 103 Å². The van der Waals surface area contributed by atoms with Crippen LogP contribution in [0.4, 0.5) is 11.9 Å². The third-order valence-corrected chi connectivity index (χ3v) is 4.59. The molecule has 3 rings (SSSR count). The normalized spacial score (nSPS) is 13.7.